The van der Waals surface area contributed by atoms with Crippen molar-refractivity contribution in [3.63, 3.8) is 0 Å². The van der Waals surface area contributed by atoms with E-state index in [9.17, 15) is 26.4 Å². The molecule has 0 aliphatic rings. The number of rotatable bonds is 9. The summed E-state index contributed by atoms with van der Waals surface area (Å²) in [6.07, 6.45) is -4.89. The van der Waals surface area contributed by atoms with Gasteiger partial charge < -0.3 is 10.1 Å². The second kappa shape index (κ2) is 11.3. The molecule has 0 fully saturated rings. The smallest absolute Gasteiger partial charge is 0.418 e. The maximum absolute atomic E-state index is 13.5. The van der Waals surface area contributed by atoms with Gasteiger partial charge in [0, 0.05) is 5.02 Å². The number of carbonyl (C=O) groups excluding carboxylic acids is 1. The Morgan fingerprint density at radius 2 is 1.75 bits per heavy atom. The molecule has 3 rings (SSSR count). The molecule has 0 spiro atoms. The summed E-state index contributed by atoms with van der Waals surface area (Å²) in [5.74, 6) is -0.449. The molecule has 0 aliphatic carbocycles. The van der Waals surface area contributed by atoms with E-state index in [4.69, 9.17) is 16.3 Å². The van der Waals surface area contributed by atoms with E-state index in [-0.39, 0.29) is 16.3 Å². The lowest BCUT2D eigenvalue weighted by atomic mass is 10.1. The first-order valence-electron chi connectivity index (χ1n) is 10.9. The molecule has 2 N–H and O–H groups in total. The summed E-state index contributed by atoms with van der Waals surface area (Å²) in [4.78, 5) is 13.0. The van der Waals surface area contributed by atoms with E-state index in [1.165, 1.54) is 24.3 Å². The van der Waals surface area contributed by atoms with E-state index in [2.05, 4.69) is 10.0 Å². The van der Waals surface area contributed by atoms with Gasteiger partial charge in [-0.15, -0.1) is 0 Å². The molecule has 0 radical (unpaired) electrons. The predicted octanol–water partition coefficient (Wildman–Crippen LogP) is 5.59. The minimum Gasteiger partial charge on any atom is -0.494 e. The van der Waals surface area contributed by atoms with Gasteiger partial charge in [-0.3, -0.25) is 4.79 Å². The quantitative estimate of drug-likeness (QED) is 0.370. The van der Waals surface area contributed by atoms with Crippen molar-refractivity contribution in [2.75, 3.05) is 11.9 Å². The number of carbonyl (C=O) groups is 1. The van der Waals surface area contributed by atoms with Crippen LogP contribution in [0.4, 0.5) is 18.9 Å². The average molecular weight is 541 g/mol. The molecule has 3 aromatic rings. The lowest BCUT2D eigenvalue weighted by Crippen LogP contribution is -2.45. The summed E-state index contributed by atoms with van der Waals surface area (Å²) in [5, 5.41) is 2.05. The first-order valence-corrected chi connectivity index (χ1v) is 12.7. The van der Waals surface area contributed by atoms with E-state index in [0.29, 0.717) is 29.5 Å². The molecule has 0 saturated heterocycles. The summed E-state index contributed by atoms with van der Waals surface area (Å²) < 4.78 is 74.6. The van der Waals surface area contributed by atoms with Crippen LogP contribution < -0.4 is 14.8 Å². The van der Waals surface area contributed by atoms with Gasteiger partial charge in [-0.05, 0) is 67.8 Å². The molecule has 1 unspecified atom stereocenters. The fraction of sp³-hybridized carbons (Fsp3) is 0.240. The van der Waals surface area contributed by atoms with Gasteiger partial charge in [0.05, 0.1) is 22.8 Å². The van der Waals surface area contributed by atoms with Crippen molar-refractivity contribution in [2.45, 2.75) is 37.4 Å². The number of hydrogen-bond acceptors (Lipinski definition) is 4. The Morgan fingerprint density at radius 3 is 2.36 bits per heavy atom. The van der Waals surface area contributed by atoms with Crippen LogP contribution in [0.25, 0.3) is 0 Å². The van der Waals surface area contributed by atoms with Gasteiger partial charge >= 0.3 is 6.18 Å². The molecular formula is C25H24ClF3N2O4S. The van der Waals surface area contributed by atoms with Gasteiger partial charge in [-0.1, -0.05) is 41.9 Å². The molecule has 0 heterocycles. The first kappa shape index (κ1) is 27.5. The van der Waals surface area contributed by atoms with E-state index in [0.717, 1.165) is 6.07 Å². The number of benzene rings is 3. The van der Waals surface area contributed by atoms with Crippen LogP contribution in [0, 0.1) is 6.92 Å². The first-order chi connectivity index (χ1) is 16.9. The van der Waals surface area contributed by atoms with Crippen molar-refractivity contribution < 1.29 is 31.1 Å². The fourth-order valence-electron chi connectivity index (χ4n) is 3.48. The van der Waals surface area contributed by atoms with Gasteiger partial charge in [0.15, 0.2) is 0 Å². The molecule has 6 nitrogen and oxygen atoms in total. The number of aryl methyl sites for hydroxylation is 1. The molecule has 192 valence electrons. The summed E-state index contributed by atoms with van der Waals surface area (Å²) in [7, 11) is -4.23. The van der Waals surface area contributed by atoms with Crippen LogP contribution in [0.1, 0.15) is 23.6 Å². The van der Waals surface area contributed by atoms with Gasteiger partial charge in [0.25, 0.3) is 0 Å². The molecule has 0 aliphatic heterocycles. The number of sulfonamides is 1. The fourth-order valence-corrected chi connectivity index (χ4v) is 4.93. The van der Waals surface area contributed by atoms with Gasteiger partial charge in [0.2, 0.25) is 15.9 Å². The topological polar surface area (TPSA) is 84.5 Å². The summed E-state index contributed by atoms with van der Waals surface area (Å²) in [6.45, 7) is 3.87. The van der Waals surface area contributed by atoms with Crippen LogP contribution in [0.3, 0.4) is 0 Å². The maximum Gasteiger partial charge on any atom is 0.418 e. The summed E-state index contributed by atoms with van der Waals surface area (Å²) >= 11 is 5.71. The molecule has 11 heteroatoms. The monoisotopic (exact) mass is 540 g/mol. The Bertz CT molecular complexity index is 1330. The Morgan fingerprint density at radius 1 is 1.06 bits per heavy atom. The Balaban J connectivity index is 1.94. The highest BCUT2D eigenvalue weighted by molar-refractivity contribution is 7.89. The maximum atomic E-state index is 13.5. The van der Waals surface area contributed by atoms with Crippen molar-refractivity contribution in [1.29, 1.82) is 0 Å². The minimum atomic E-state index is -4.79. The Labute approximate surface area is 212 Å². The SMILES string of the molecule is CCOc1ccc(S(=O)(=O)NC(Cc2ccccc2)C(=O)Nc2ccc(Cl)cc2C(F)(F)F)cc1C. The highest BCUT2D eigenvalue weighted by Gasteiger charge is 2.35. The van der Waals surface area contributed by atoms with Crippen molar-refractivity contribution in [3.05, 3.63) is 88.4 Å². The predicted molar refractivity (Wildman–Crippen MR) is 132 cm³/mol. The Kier molecular flexibility index (Phi) is 8.65. The molecule has 0 aromatic heterocycles. The summed E-state index contributed by atoms with van der Waals surface area (Å²) in [6, 6.07) is 14.2. The molecule has 1 atom stereocenters. The van der Waals surface area contributed by atoms with Crippen molar-refractivity contribution in [1.82, 2.24) is 4.72 Å². The molecular weight excluding hydrogens is 517 g/mol. The zero-order valence-electron chi connectivity index (χ0n) is 19.4. The molecule has 3 aromatic carbocycles. The standard InChI is InChI=1S/C25H24ClF3N2O4S/c1-3-35-23-12-10-19(13-16(23)2)36(33,34)31-22(14-17-7-5-4-6-8-17)24(32)30-21-11-9-18(26)15-20(21)25(27,28)29/h4-13,15,22,31H,3,14H2,1-2H3,(H,30,32). The van der Waals surface area contributed by atoms with E-state index in [1.807, 2.05) is 0 Å². The lowest BCUT2D eigenvalue weighted by molar-refractivity contribution is -0.137. The highest BCUT2D eigenvalue weighted by atomic mass is 35.5. The van der Waals surface area contributed by atoms with Crippen LogP contribution in [-0.4, -0.2) is 27.0 Å². The van der Waals surface area contributed by atoms with Crippen LogP contribution in [0.15, 0.2) is 71.6 Å². The third kappa shape index (κ3) is 6.99. The zero-order valence-corrected chi connectivity index (χ0v) is 21.0. The number of hydrogen-bond donors (Lipinski definition) is 2. The number of alkyl halides is 3. The Hall–Kier alpha value is -3.08. The molecule has 36 heavy (non-hydrogen) atoms. The molecule has 0 bridgehead atoms. The van der Waals surface area contributed by atoms with Crippen molar-refractivity contribution in [3.8, 4) is 5.75 Å². The lowest BCUT2D eigenvalue weighted by Gasteiger charge is -2.21. The van der Waals surface area contributed by atoms with Crippen LogP contribution in [0.2, 0.25) is 5.02 Å². The van der Waals surface area contributed by atoms with E-state index >= 15 is 0 Å². The van der Waals surface area contributed by atoms with Crippen molar-refractivity contribution >= 4 is 33.2 Å². The number of halogens is 4. The van der Waals surface area contributed by atoms with E-state index < -0.39 is 39.4 Å². The van der Waals surface area contributed by atoms with Crippen LogP contribution in [-0.2, 0) is 27.4 Å². The largest absolute Gasteiger partial charge is 0.494 e. The number of amides is 1. The van der Waals surface area contributed by atoms with Crippen LogP contribution in [0.5, 0.6) is 5.75 Å². The third-order valence-corrected chi connectivity index (χ3v) is 6.90. The van der Waals surface area contributed by atoms with Crippen LogP contribution >= 0.6 is 11.6 Å². The molecule has 0 saturated carbocycles. The van der Waals surface area contributed by atoms with E-state index in [1.54, 1.807) is 44.2 Å². The summed E-state index contributed by atoms with van der Waals surface area (Å²) in [5.41, 5.74) is -0.506. The highest BCUT2D eigenvalue weighted by Crippen LogP contribution is 2.36. The molecule has 1 amide bonds. The second-order valence-electron chi connectivity index (χ2n) is 7.90. The number of ether oxygens (including phenoxy) is 1. The number of anilines is 1. The zero-order chi connectivity index (χ0) is 26.5. The number of nitrogens with one attached hydrogen (secondary N) is 2. The second-order valence-corrected chi connectivity index (χ2v) is 10.1. The van der Waals surface area contributed by atoms with Gasteiger partial charge in [0.1, 0.15) is 11.8 Å². The van der Waals surface area contributed by atoms with Gasteiger partial charge in [-0.2, -0.15) is 17.9 Å². The van der Waals surface area contributed by atoms with Crippen molar-refractivity contribution in [2.24, 2.45) is 0 Å². The average Bonchev–Trinajstić information content (AvgIpc) is 2.81. The van der Waals surface area contributed by atoms with Gasteiger partial charge in [-0.25, -0.2) is 8.42 Å². The normalized spacial score (nSPS) is 12.7. The third-order valence-electron chi connectivity index (χ3n) is 5.20. The minimum absolute atomic E-state index is 0.100.